The van der Waals surface area contributed by atoms with E-state index in [1.807, 2.05) is 30.3 Å². The number of rotatable bonds is 7. The topological polar surface area (TPSA) is 58.9 Å². The highest BCUT2D eigenvalue weighted by Gasteiger charge is 2.35. The molecule has 1 aliphatic rings. The Bertz CT molecular complexity index is 387. The Morgan fingerprint density at radius 2 is 2.05 bits per heavy atom. The Kier molecular flexibility index (Phi) is 6.70. The lowest BCUT2D eigenvalue weighted by molar-refractivity contribution is -0.130. The summed E-state index contributed by atoms with van der Waals surface area (Å²) in [5.41, 5.74) is 1.05. The second-order valence-corrected chi connectivity index (χ2v) is 5.92. The van der Waals surface area contributed by atoms with Crippen molar-refractivity contribution >= 4 is 22.6 Å². The molecule has 0 amide bonds. The summed E-state index contributed by atoms with van der Waals surface area (Å²) >= 11 is 2.30. The predicted molar refractivity (Wildman–Crippen MR) is 84.9 cm³/mol. The SMILES string of the molecule is OCC(O)C(OCc1ccccc1)C1CC[C@@H](CI)O1. The molecule has 112 valence electrons. The molecule has 1 fully saturated rings. The van der Waals surface area contributed by atoms with Crippen LogP contribution in [0.25, 0.3) is 0 Å². The molecule has 0 bridgehead atoms. The molecule has 4 atom stereocenters. The van der Waals surface area contributed by atoms with Gasteiger partial charge in [0.25, 0.3) is 0 Å². The van der Waals surface area contributed by atoms with E-state index in [0.717, 1.165) is 22.8 Å². The highest BCUT2D eigenvalue weighted by molar-refractivity contribution is 14.1. The number of hydrogen-bond acceptors (Lipinski definition) is 4. The van der Waals surface area contributed by atoms with Crippen molar-refractivity contribution in [2.45, 2.75) is 43.9 Å². The van der Waals surface area contributed by atoms with Crippen LogP contribution in [0.1, 0.15) is 18.4 Å². The molecule has 20 heavy (non-hydrogen) atoms. The van der Waals surface area contributed by atoms with E-state index >= 15 is 0 Å². The summed E-state index contributed by atoms with van der Waals surface area (Å²) in [5.74, 6) is 0. The molecule has 1 saturated heterocycles. The number of benzene rings is 1. The minimum atomic E-state index is -0.906. The largest absolute Gasteiger partial charge is 0.394 e. The molecule has 0 aliphatic carbocycles. The molecule has 2 N–H and O–H groups in total. The van der Waals surface area contributed by atoms with E-state index < -0.39 is 12.2 Å². The van der Waals surface area contributed by atoms with Gasteiger partial charge in [0.1, 0.15) is 12.2 Å². The lowest BCUT2D eigenvalue weighted by atomic mass is 10.0. The Labute approximate surface area is 133 Å². The van der Waals surface area contributed by atoms with Crippen molar-refractivity contribution in [1.29, 1.82) is 0 Å². The summed E-state index contributed by atoms with van der Waals surface area (Å²) in [6.07, 6.45) is 0.556. The van der Waals surface area contributed by atoms with Crippen LogP contribution in [0.5, 0.6) is 0 Å². The molecule has 2 rings (SSSR count). The Balaban J connectivity index is 1.94. The standard InChI is InChI=1S/C15H21IO4/c16-8-12-6-7-14(20-12)15(13(18)9-17)19-10-11-4-2-1-3-5-11/h1-5,12-15,17-18H,6-10H2/t12-,13?,14?,15?/m0/s1. The van der Waals surface area contributed by atoms with Crippen molar-refractivity contribution in [3.63, 3.8) is 0 Å². The van der Waals surface area contributed by atoms with Crippen molar-refractivity contribution < 1.29 is 19.7 Å². The number of aliphatic hydroxyl groups excluding tert-OH is 2. The zero-order valence-corrected chi connectivity index (χ0v) is 13.5. The van der Waals surface area contributed by atoms with Crippen molar-refractivity contribution in [3.05, 3.63) is 35.9 Å². The first-order valence-corrected chi connectivity index (χ1v) is 8.43. The maximum absolute atomic E-state index is 9.96. The highest BCUT2D eigenvalue weighted by Crippen LogP contribution is 2.27. The second-order valence-electron chi connectivity index (χ2n) is 5.04. The predicted octanol–water partition coefficient (Wildman–Crippen LogP) is 1.91. The molecule has 5 heteroatoms. The second kappa shape index (κ2) is 8.29. The Morgan fingerprint density at radius 3 is 2.65 bits per heavy atom. The number of ether oxygens (including phenoxy) is 2. The zero-order chi connectivity index (χ0) is 14.4. The molecule has 1 aromatic carbocycles. The number of hydrogen-bond donors (Lipinski definition) is 2. The van der Waals surface area contributed by atoms with E-state index in [2.05, 4.69) is 22.6 Å². The molecular formula is C15H21IO4. The van der Waals surface area contributed by atoms with Crippen molar-refractivity contribution in [1.82, 2.24) is 0 Å². The maximum Gasteiger partial charge on any atom is 0.112 e. The van der Waals surface area contributed by atoms with Crippen molar-refractivity contribution in [3.8, 4) is 0 Å². The summed E-state index contributed by atoms with van der Waals surface area (Å²) in [7, 11) is 0. The van der Waals surface area contributed by atoms with E-state index in [1.165, 1.54) is 0 Å². The maximum atomic E-state index is 9.96. The van der Waals surface area contributed by atoms with Gasteiger partial charge >= 0.3 is 0 Å². The molecule has 4 nitrogen and oxygen atoms in total. The van der Waals surface area contributed by atoms with E-state index in [-0.39, 0.29) is 18.8 Å². The number of aliphatic hydroxyl groups is 2. The summed E-state index contributed by atoms with van der Waals surface area (Å²) in [6, 6.07) is 9.81. The lowest BCUT2D eigenvalue weighted by Crippen LogP contribution is -2.41. The van der Waals surface area contributed by atoms with Crippen LogP contribution >= 0.6 is 22.6 Å². The Morgan fingerprint density at radius 1 is 1.30 bits per heavy atom. The molecule has 0 saturated carbocycles. The van der Waals surface area contributed by atoms with Crippen LogP contribution in [0, 0.1) is 0 Å². The van der Waals surface area contributed by atoms with Gasteiger partial charge in [-0.25, -0.2) is 0 Å². The smallest absolute Gasteiger partial charge is 0.112 e. The summed E-state index contributed by atoms with van der Waals surface area (Å²) in [4.78, 5) is 0. The fourth-order valence-corrected chi connectivity index (χ4v) is 3.07. The number of alkyl halides is 1. The molecular weight excluding hydrogens is 371 g/mol. The van der Waals surface area contributed by atoms with Gasteiger partial charge in [0.2, 0.25) is 0 Å². The third kappa shape index (κ3) is 4.39. The van der Waals surface area contributed by atoms with Gasteiger partial charge in [-0.2, -0.15) is 0 Å². The number of halogens is 1. The quantitative estimate of drug-likeness (QED) is 0.550. The van der Waals surface area contributed by atoms with Crippen molar-refractivity contribution in [2.24, 2.45) is 0 Å². The fourth-order valence-electron chi connectivity index (χ4n) is 2.43. The van der Waals surface area contributed by atoms with E-state index in [9.17, 15) is 10.2 Å². The van der Waals surface area contributed by atoms with Gasteiger partial charge in [-0.15, -0.1) is 0 Å². The molecule has 1 heterocycles. The van der Waals surface area contributed by atoms with Crippen LogP contribution in [0.4, 0.5) is 0 Å². The van der Waals surface area contributed by atoms with Gasteiger partial charge in [0.15, 0.2) is 0 Å². The van der Waals surface area contributed by atoms with Gasteiger partial charge in [-0.05, 0) is 18.4 Å². The van der Waals surface area contributed by atoms with Crippen LogP contribution in [-0.4, -0.2) is 45.7 Å². The summed E-state index contributed by atoms with van der Waals surface area (Å²) < 4.78 is 12.6. The van der Waals surface area contributed by atoms with Crippen LogP contribution in [0.2, 0.25) is 0 Å². The van der Waals surface area contributed by atoms with Gasteiger partial charge in [-0.3, -0.25) is 0 Å². The van der Waals surface area contributed by atoms with Crippen molar-refractivity contribution in [2.75, 3.05) is 11.0 Å². The zero-order valence-electron chi connectivity index (χ0n) is 11.3. The van der Waals surface area contributed by atoms with Crippen LogP contribution in [0.15, 0.2) is 30.3 Å². The normalized spacial score (nSPS) is 25.6. The first kappa shape index (κ1) is 16.2. The van der Waals surface area contributed by atoms with Crippen LogP contribution in [-0.2, 0) is 16.1 Å². The fraction of sp³-hybridized carbons (Fsp3) is 0.600. The molecule has 0 radical (unpaired) electrons. The van der Waals surface area contributed by atoms with E-state index in [4.69, 9.17) is 9.47 Å². The molecule has 1 aromatic rings. The van der Waals surface area contributed by atoms with E-state index in [0.29, 0.717) is 6.61 Å². The van der Waals surface area contributed by atoms with E-state index in [1.54, 1.807) is 0 Å². The van der Waals surface area contributed by atoms with Crippen LogP contribution in [0.3, 0.4) is 0 Å². The van der Waals surface area contributed by atoms with Crippen LogP contribution < -0.4 is 0 Å². The minimum absolute atomic E-state index is 0.138. The molecule has 0 spiro atoms. The summed E-state index contributed by atoms with van der Waals surface area (Å²) in [5, 5.41) is 19.2. The summed E-state index contributed by atoms with van der Waals surface area (Å²) in [6.45, 7) is 0.103. The molecule has 1 aliphatic heterocycles. The third-order valence-corrected chi connectivity index (χ3v) is 4.51. The first-order chi connectivity index (χ1) is 9.74. The average Bonchev–Trinajstić information content (AvgIpc) is 2.97. The average molecular weight is 392 g/mol. The lowest BCUT2D eigenvalue weighted by Gasteiger charge is -2.27. The minimum Gasteiger partial charge on any atom is -0.394 e. The first-order valence-electron chi connectivity index (χ1n) is 6.90. The highest BCUT2D eigenvalue weighted by atomic mass is 127. The molecule has 3 unspecified atom stereocenters. The van der Waals surface area contributed by atoms with Gasteiger partial charge in [0, 0.05) is 4.43 Å². The molecule has 0 aromatic heterocycles. The monoisotopic (exact) mass is 392 g/mol. The third-order valence-electron chi connectivity index (χ3n) is 3.53. The Hall–Kier alpha value is -0.210. The van der Waals surface area contributed by atoms with Gasteiger partial charge < -0.3 is 19.7 Å². The van der Waals surface area contributed by atoms with Gasteiger partial charge in [-0.1, -0.05) is 52.9 Å². The van der Waals surface area contributed by atoms with Gasteiger partial charge in [0.05, 0.1) is 25.4 Å².